The average Bonchev–Trinajstić information content (AvgIpc) is 3.08. The summed E-state index contributed by atoms with van der Waals surface area (Å²) in [6.45, 7) is 3.53. The summed E-state index contributed by atoms with van der Waals surface area (Å²) in [6.07, 6.45) is 2.31. The summed E-state index contributed by atoms with van der Waals surface area (Å²) in [5.41, 5.74) is 2.17. The zero-order valence-corrected chi connectivity index (χ0v) is 11.2. The highest BCUT2D eigenvalue weighted by Crippen LogP contribution is 2.31. The topological polar surface area (TPSA) is 50.4 Å². The van der Waals surface area contributed by atoms with Crippen LogP contribution >= 0.6 is 0 Å². The minimum Gasteiger partial charge on any atom is -0.384 e. The molecular weight excluding hydrogens is 240 g/mol. The van der Waals surface area contributed by atoms with Gasteiger partial charge in [0.15, 0.2) is 0 Å². The number of carbonyl (C=O) groups excluding carboxylic acids is 1. The molecule has 1 saturated heterocycles. The molecule has 1 fully saturated rings. The molecule has 102 valence electrons. The van der Waals surface area contributed by atoms with E-state index in [9.17, 15) is 4.79 Å². The minimum atomic E-state index is -0.0833. The fraction of sp³-hybridized carbons (Fsp3) is 0.533. The van der Waals surface area contributed by atoms with Crippen molar-refractivity contribution >= 4 is 11.6 Å². The molecule has 4 heteroatoms. The van der Waals surface area contributed by atoms with Crippen LogP contribution in [0.5, 0.6) is 0 Å². The first-order valence-electron chi connectivity index (χ1n) is 7.00. The summed E-state index contributed by atoms with van der Waals surface area (Å²) < 4.78 is 5.62. The SMILES string of the molecule is CC(NC(=O)C1CNc2ccccc21)C1CCCO1. The second kappa shape index (κ2) is 5.21. The number of amides is 1. The lowest BCUT2D eigenvalue weighted by molar-refractivity contribution is -0.123. The number of ether oxygens (including phenoxy) is 1. The van der Waals surface area contributed by atoms with Crippen LogP contribution < -0.4 is 10.6 Å². The third-order valence-corrected chi connectivity index (χ3v) is 4.04. The highest BCUT2D eigenvalue weighted by molar-refractivity contribution is 5.88. The zero-order chi connectivity index (χ0) is 13.2. The molecule has 2 N–H and O–H groups in total. The molecule has 1 amide bonds. The Hall–Kier alpha value is -1.55. The van der Waals surface area contributed by atoms with Crippen LogP contribution in [0.3, 0.4) is 0 Å². The molecule has 1 aromatic rings. The predicted octanol–water partition coefficient (Wildman–Crippen LogP) is 1.88. The highest BCUT2D eigenvalue weighted by atomic mass is 16.5. The first kappa shape index (κ1) is 12.5. The summed E-state index contributed by atoms with van der Waals surface area (Å²) in [6, 6.07) is 8.10. The lowest BCUT2D eigenvalue weighted by Crippen LogP contribution is -2.43. The van der Waals surface area contributed by atoms with Crippen molar-refractivity contribution in [1.29, 1.82) is 0 Å². The number of fused-ring (bicyclic) bond motifs is 1. The van der Waals surface area contributed by atoms with E-state index in [0.717, 1.165) is 30.7 Å². The van der Waals surface area contributed by atoms with Gasteiger partial charge in [0, 0.05) is 18.8 Å². The van der Waals surface area contributed by atoms with Crippen LogP contribution in [0.2, 0.25) is 0 Å². The van der Waals surface area contributed by atoms with Gasteiger partial charge in [-0.2, -0.15) is 0 Å². The molecule has 2 heterocycles. The van der Waals surface area contributed by atoms with Gasteiger partial charge in [0.1, 0.15) is 0 Å². The Morgan fingerprint density at radius 3 is 3.11 bits per heavy atom. The van der Waals surface area contributed by atoms with Crippen molar-refractivity contribution in [1.82, 2.24) is 5.32 Å². The van der Waals surface area contributed by atoms with E-state index < -0.39 is 0 Å². The van der Waals surface area contributed by atoms with Crippen molar-refractivity contribution in [2.24, 2.45) is 0 Å². The molecule has 0 saturated carbocycles. The minimum absolute atomic E-state index is 0.0833. The van der Waals surface area contributed by atoms with Gasteiger partial charge in [0.05, 0.1) is 18.1 Å². The lowest BCUT2D eigenvalue weighted by Gasteiger charge is -2.22. The second-order valence-electron chi connectivity index (χ2n) is 5.37. The number of para-hydroxylation sites is 1. The van der Waals surface area contributed by atoms with Gasteiger partial charge in [-0.1, -0.05) is 18.2 Å². The van der Waals surface area contributed by atoms with Crippen LogP contribution in [0.4, 0.5) is 5.69 Å². The molecule has 3 atom stereocenters. The van der Waals surface area contributed by atoms with Crippen molar-refractivity contribution in [2.45, 2.75) is 37.8 Å². The van der Waals surface area contributed by atoms with Crippen molar-refractivity contribution in [3.05, 3.63) is 29.8 Å². The summed E-state index contributed by atoms with van der Waals surface area (Å²) in [4.78, 5) is 12.4. The maximum atomic E-state index is 12.4. The van der Waals surface area contributed by atoms with Crippen molar-refractivity contribution in [2.75, 3.05) is 18.5 Å². The summed E-state index contributed by atoms with van der Waals surface area (Å²) in [7, 11) is 0. The van der Waals surface area contributed by atoms with Crippen LogP contribution in [0.15, 0.2) is 24.3 Å². The molecule has 0 bridgehead atoms. The van der Waals surface area contributed by atoms with E-state index in [1.807, 2.05) is 31.2 Å². The summed E-state index contributed by atoms with van der Waals surface area (Å²) in [5.74, 6) is 0.0144. The second-order valence-corrected chi connectivity index (χ2v) is 5.37. The Labute approximate surface area is 113 Å². The number of rotatable bonds is 3. The third kappa shape index (κ3) is 2.45. The van der Waals surface area contributed by atoms with E-state index >= 15 is 0 Å². The monoisotopic (exact) mass is 260 g/mol. The number of nitrogens with one attached hydrogen (secondary N) is 2. The molecule has 0 radical (unpaired) electrons. The number of anilines is 1. The molecule has 1 aromatic carbocycles. The van der Waals surface area contributed by atoms with Gasteiger partial charge >= 0.3 is 0 Å². The number of hydrogen-bond donors (Lipinski definition) is 2. The van der Waals surface area contributed by atoms with E-state index in [1.54, 1.807) is 0 Å². The molecule has 3 rings (SSSR count). The molecule has 2 aliphatic rings. The van der Waals surface area contributed by atoms with Gasteiger partial charge in [-0.05, 0) is 31.4 Å². The maximum Gasteiger partial charge on any atom is 0.229 e. The molecule has 0 spiro atoms. The first-order chi connectivity index (χ1) is 9.25. The molecular formula is C15H20N2O2. The van der Waals surface area contributed by atoms with E-state index in [2.05, 4.69) is 10.6 Å². The zero-order valence-electron chi connectivity index (χ0n) is 11.2. The normalized spacial score (nSPS) is 26.6. The summed E-state index contributed by atoms with van der Waals surface area (Å²) in [5, 5.41) is 6.38. The van der Waals surface area contributed by atoms with Gasteiger partial charge < -0.3 is 15.4 Å². The Morgan fingerprint density at radius 2 is 2.32 bits per heavy atom. The van der Waals surface area contributed by atoms with Crippen molar-refractivity contribution in [3.8, 4) is 0 Å². The fourth-order valence-electron chi connectivity index (χ4n) is 2.93. The molecule has 19 heavy (non-hydrogen) atoms. The van der Waals surface area contributed by atoms with Crippen molar-refractivity contribution in [3.63, 3.8) is 0 Å². The Balaban J connectivity index is 1.65. The van der Waals surface area contributed by atoms with E-state index in [4.69, 9.17) is 4.74 Å². The largest absolute Gasteiger partial charge is 0.384 e. The van der Waals surface area contributed by atoms with Crippen LogP contribution in [0.25, 0.3) is 0 Å². The standard InChI is InChI=1S/C15H20N2O2/c1-10(14-7-4-8-19-14)17-15(18)12-9-16-13-6-3-2-5-11(12)13/h2-3,5-6,10,12,14,16H,4,7-9H2,1H3,(H,17,18). The lowest BCUT2D eigenvalue weighted by atomic mass is 9.99. The Kier molecular flexibility index (Phi) is 3.42. The van der Waals surface area contributed by atoms with Crippen LogP contribution in [-0.2, 0) is 9.53 Å². The van der Waals surface area contributed by atoms with Crippen LogP contribution in [0, 0.1) is 0 Å². The Morgan fingerprint density at radius 1 is 1.47 bits per heavy atom. The van der Waals surface area contributed by atoms with Crippen molar-refractivity contribution < 1.29 is 9.53 Å². The Bertz CT molecular complexity index is 469. The maximum absolute atomic E-state index is 12.4. The molecule has 0 aliphatic carbocycles. The van der Waals surface area contributed by atoms with Gasteiger partial charge in [-0.25, -0.2) is 0 Å². The summed E-state index contributed by atoms with van der Waals surface area (Å²) >= 11 is 0. The van der Waals surface area contributed by atoms with Crippen LogP contribution in [-0.4, -0.2) is 31.2 Å². The number of carbonyl (C=O) groups is 1. The van der Waals surface area contributed by atoms with E-state index in [-0.39, 0.29) is 24.0 Å². The molecule has 0 aromatic heterocycles. The molecule has 2 aliphatic heterocycles. The average molecular weight is 260 g/mol. The fourth-order valence-corrected chi connectivity index (χ4v) is 2.93. The van der Waals surface area contributed by atoms with Crippen LogP contribution in [0.1, 0.15) is 31.2 Å². The number of hydrogen-bond acceptors (Lipinski definition) is 3. The highest BCUT2D eigenvalue weighted by Gasteiger charge is 2.31. The first-order valence-corrected chi connectivity index (χ1v) is 7.00. The van der Waals surface area contributed by atoms with E-state index in [0.29, 0.717) is 6.54 Å². The smallest absolute Gasteiger partial charge is 0.229 e. The predicted molar refractivity (Wildman–Crippen MR) is 74.3 cm³/mol. The molecule has 3 unspecified atom stereocenters. The van der Waals surface area contributed by atoms with E-state index in [1.165, 1.54) is 0 Å². The van der Waals surface area contributed by atoms with Gasteiger partial charge in [-0.3, -0.25) is 4.79 Å². The van der Waals surface area contributed by atoms with Gasteiger partial charge in [0.2, 0.25) is 5.91 Å². The third-order valence-electron chi connectivity index (χ3n) is 4.04. The quantitative estimate of drug-likeness (QED) is 0.872. The van der Waals surface area contributed by atoms with Gasteiger partial charge in [0.25, 0.3) is 0 Å². The molecule has 4 nitrogen and oxygen atoms in total. The van der Waals surface area contributed by atoms with Gasteiger partial charge in [-0.15, -0.1) is 0 Å². The number of benzene rings is 1.